The summed E-state index contributed by atoms with van der Waals surface area (Å²) < 4.78 is 5.93. The molecule has 0 bridgehead atoms. The van der Waals surface area contributed by atoms with Gasteiger partial charge in [-0.15, -0.1) is 0 Å². The van der Waals surface area contributed by atoms with Gasteiger partial charge in [-0.05, 0) is 43.7 Å². The number of carbonyl (C=O) groups is 3. The van der Waals surface area contributed by atoms with Gasteiger partial charge in [-0.2, -0.15) is 0 Å². The zero-order valence-corrected chi connectivity index (χ0v) is 17.5. The molecule has 3 aromatic rings. The third-order valence-corrected chi connectivity index (χ3v) is 6.80. The second kappa shape index (κ2) is 6.67. The maximum Gasteiger partial charge on any atom is 0.324 e. The van der Waals surface area contributed by atoms with Crippen LogP contribution in [0.25, 0.3) is 11.0 Å². The number of anilines is 1. The van der Waals surface area contributed by atoms with E-state index >= 15 is 0 Å². The highest BCUT2D eigenvalue weighted by atomic mass is 35.5. The fourth-order valence-electron chi connectivity index (χ4n) is 4.71. The molecule has 2 aromatic carbocycles. The Balaban J connectivity index is 1.63. The van der Waals surface area contributed by atoms with Crippen LogP contribution in [0, 0.1) is 18.8 Å². The standard InChI is InChI=1S/C23H19ClN2O5/c1-11-7-8-13(10-14(11)24)26-20(27)17-18(21(26)28)23(2,22(29)30)25-19(17)16-9-12-5-3-4-6-15(12)31-16/h3-10,17-19,25H,1-2H3,(H,29,30). The predicted molar refractivity (Wildman–Crippen MR) is 114 cm³/mol. The van der Waals surface area contributed by atoms with Crippen LogP contribution in [0.4, 0.5) is 5.69 Å². The number of hydrogen-bond acceptors (Lipinski definition) is 5. The van der Waals surface area contributed by atoms with Crippen molar-refractivity contribution in [2.24, 2.45) is 11.8 Å². The first kappa shape index (κ1) is 19.8. The Labute approximate surface area is 182 Å². The first-order chi connectivity index (χ1) is 14.7. The Kier molecular flexibility index (Phi) is 4.26. The number of rotatable bonds is 3. The molecular weight excluding hydrogens is 420 g/mol. The number of halogens is 1. The van der Waals surface area contributed by atoms with Gasteiger partial charge in [0, 0.05) is 10.4 Å². The normalized spacial score (nSPS) is 27.8. The average molecular weight is 439 g/mol. The molecule has 0 saturated carbocycles. The van der Waals surface area contributed by atoms with E-state index in [1.165, 1.54) is 6.92 Å². The molecule has 5 rings (SSSR count). The third kappa shape index (κ3) is 2.73. The van der Waals surface area contributed by atoms with Crippen LogP contribution in [0.5, 0.6) is 0 Å². The number of carboxylic acid groups (broad SMARTS) is 1. The van der Waals surface area contributed by atoms with E-state index in [1.807, 2.05) is 25.1 Å². The van der Waals surface area contributed by atoms with Crippen LogP contribution >= 0.6 is 11.6 Å². The monoisotopic (exact) mass is 438 g/mol. The fourth-order valence-corrected chi connectivity index (χ4v) is 4.89. The maximum atomic E-state index is 13.5. The molecule has 4 unspecified atom stereocenters. The van der Waals surface area contributed by atoms with E-state index in [9.17, 15) is 19.5 Å². The van der Waals surface area contributed by atoms with Crippen molar-refractivity contribution in [1.82, 2.24) is 5.32 Å². The van der Waals surface area contributed by atoms with E-state index in [1.54, 1.807) is 30.3 Å². The minimum absolute atomic E-state index is 0.330. The Bertz CT molecular complexity index is 1230. The Morgan fingerprint density at radius 1 is 1.16 bits per heavy atom. The van der Waals surface area contributed by atoms with Crippen molar-refractivity contribution in [2.45, 2.75) is 25.4 Å². The Hall–Kier alpha value is -3.16. The number of benzene rings is 2. The second-order valence-corrected chi connectivity index (χ2v) is 8.67. The number of furan rings is 1. The van der Waals surface area contributed by atoms with Crippen molar-refractivity contribution >= 4 is 46.0 Å². The summed E-state index contributed by atoms with van der Waals surface area (Å²) in [6.45, 7) is 3.25. The topological polar surface area (TPSA) is 99.8 Å². The van der Waals surface area contributed by atoms with Gasteiger partial charge in [0.15, 0.2) is 0 Å². The smallest absolute Gasteiger partial charge is 0.324 e. The summed E-state index contributed by atoms with van der Waals surface area (Å²) in [5.41, 5.74) is 0.126. The van der Waals surface area contributed by atoms with Crippen LogP contribution in [0.1, 0.15) is 24.3 Å². The number of hydrogen-bond donors (Lipinski definition) is 2. The number of carbonyl (C=O) groups excluding carboxylic acids is 2. The number of nitrogens with one attached hydrogen (secondary N) is 1. The number of carboxylic acids is 1. The van der Waals surface area contributed by atoms with Crippen LogP contribution in [0.2, 0.25) is 5.02 Å². The molecule has 7 nitrogen and oxygen atoms in total. The molecule has 2 fully saturated rings. The molecular formula is C23H19ClN2O5. The van der Waals surface area contributed by atoms with Gasteiger partial charge in [0.2, 0.25) is 11.8 Å². The van der Waals surface area contributed by atoms with Gasteiger partial charge in [-0.1, -0.05) is 35.9 Å². The van der Waals surface area contributed by atoms with Gasteiger partial charge >= 0.3 is 5.97 Å². The molecule has 0 aliphatic carbocycles. The number of nitrogens with zero attached hydrogens (tertiary/aromatic N) is 1. The summed E-state index contributed by atoms with van der Waals surface area (Å²) in [5.74, 6) is -3.83. The van der Waals surface area contributed by atoms with Crippen molar-refractivity contribution < 1.29 is 23.9 Å². The number of amides is 2. The molecule has 2 saturated heterocycles. The third-order valence-electron chi connectivity index (χ3n) is 6.40. The molecule has 158 valence electrons. The summed E-state index contributed by atoms with van der Waals surface area (Å²) >= 11 is 6.21. The minimum Gasteiger partial charge on any atom is -0.480 e. The fraction of sp³-hybridized carbons (Fsp3) is 0.261. The molecule has 31 heavy (non-hydrogen) atoms. The largest absolute Gasteiger partial charge is 0.480 e. The lowest BCUT2D eigenvalue weighted by molar-refractivity contribution is -0.147. The van der Waals surface area contributed by atoms with Gasteiger partial charge < -0.3 is 9.52 Å². The summed E-state index contributed by atoms with van der Waals surface area (Å²) in [7, 11) is 0. The lowest BCUT2D eigenvalue weighted by Crippen LogP contribution is -2.53. The quantitative estimate of drug-likeness (QED) is 0.605. The summed E-state index contributed by atoms with van der Waals surface area (Å²) in [4.78, 5) is 40.1. The molecule has 8 heteroatoms. The first-order valence-corrected chi connectivity index (χ1v) is 10.2. The van der Waals surface area contributed by atoms with Gasteiger partial charge in [-0.3, -0.25) is 19.7 Å². The van der Waals surface area contributed by atoms with Gasteiger partial charge in [0.1, 0.15) is 16.9 Å². The molecule has 2 N–H and O–H groups in total. The molecule has 2 aliphatic rings. The Morgan fingerprint density at radius 3 is 2.58 bits per heavy atom. The van der Waals surface area contributed by atoms with E-state index in [-0.39, 0.29) is 0 Å². The molecule has 3 heterocycles. The van der Waals surface area contributed by atoms with Crippen LogP contribution < -0.4 is 10.2 Å². The average Bonchev–Trinajstić information content (AvgIpc) is 3.37. The lowest BCUT2D eigenvalue weighted by atomic mass is 9.81. The SMILES string of the molecule is Cc1ccc(N2C(=O)C3C(c4cc5ccccc5o4)NC(C)(C(=O)O)C3C2=O)cc1Cl. The number of aliphatic carboxylic acids is 1. The van der Waals surface area contributed by atoms with Crippen molar-refractivity contribution in [3.8, 4) is 0 Å². The van der Waals surface area contributed by atoms with E-state index in [0.717, 1.165) is 15.8 Å². The highest BCUT2D eigenvalue weighted by Gasteiger charge is 2.67. The van der Waals surface area contributed by atoms with E-state index in [4.69, 9.17) is 16.0 Å². The van der Waals surface area contributed by atoms with Crippen molar-refractivity contribution in [3.05, 3.63) is 64.9 Å². The van der Waals surface area contributed by atoms with E-state index in [0.29, 0.717) is 22.1 Å². The molecule has 2 aliphatic heterocycles. The number of para-hydroxylation sites is 1. The lowest BCUT2D eigenvalue weighted by Gasteiger charge is -2.27. The van der Waals surface area contributed by atoms with Gasteiger partial charge in [-0.25, -0.2) is 4.90 Å². The minimum atomic E-state index is -1.63. The first-order valence-electron chi connectivity index (χ1n) is 9.86. The molecule has 0 spiro atoms. The summed E-state index contributed by atoms with van der Waals surface area (Å²) in [6.07, 6.45) is 0. The maximum absolute atomic E-state index is 13.5. The zero-order valence-electron chi connectivity index (χ0n) is 16.8. The number of fused-ring (bicyclic) bond motifs is 2. The second-order valence-electron chi connectivity index (χ2n) is 8.26. The zero-order chi connectivity index (χ0) is 22.1. The summed E-state index contributed by atoms with van der Waals surface area (Å²) in [6, 6.07) is 13.3. The number of imide groups is 1. The highest BCUT2D eigenvalue weighted by molar-refractivity contribution is 6.32. The molecule has 0 radical (unpaired) electrons. The Morgan fingerprint density at radius 2 is 1.90 bits per heavy atom. The molecule has 2 amide bonds. The van der Waals surface area contributed by atoms with E-state index < -0.39 is 41.2 Å². The van der Waals surface area contributed by atoms with Crippen LogP contribution in [-0.2, 0) is 14.4 Å². The van der Waals surface area contributed by atoms with Gasteiger partial charge in [0.05, 0.1) is 23.6 Å². The highest BCUT2D eigenvalue weighted by Crippen LogP contribution is 2.50. The van der Waals surface area contributed by atoms with Crippen molar-refractivity contribution in [3.63, 3.8) is 0 Å². The van der Waals surface area contributed by atoms with E-state index in [2.05, 4.69) is 5.32 Å². The summed E-state index contributed by atoms with van der Waals surface area (Å²) in [5, 5.41) is 14.2. The van der Waals surface area contributed by atoms with Crippen LogP contribution in [0.3, 0.4) is 0 Å². The van der Waals surface area contributed by atoms with Gasteiger partial charge in [0.25, 0.3) is 0 Å². The van der Waals surface area contributed by atoms with Crippen LogP contribution in [-0.4, -0.2) is 28.4 Å². The van der Waals surface area contributed by atoms with Crippen molar-refractivity contribution in [2.75, 3.05) is 4.90 Å². The van der Waals surface area contributed by atoms with Crippen LogP contribution in [0.15, 0.2) is 52.9 Å². The van der Waals surface area contributed by atoms with Crippen molar-refractivity contribution in [1.29, 1.82) is 0 Å². The molecule has 1 aromatic heterocycles. The molecule has 4 atom stereocenters. The predicted octanol–water partition coefficient (Wildman–Crippen LogP) is 3.69. The number of aryl methyl sites for hydroxylation is 1.